The molecule has 0 atom stereocenters. The van der Waals surface area contributed by atoms with Gasteiger partial charge in [-0.25, -0.2) is 4.98 Å². The fraction of sp³-hybridized carbons (Fsp3) is 0.375. The van der Waals surface area contributed by atoms with Gasteiger partial charge in [-0.05, 0) is 68.0 Å². The third kappa shape index (κ3) is 5.25. The molecule has 31 heavy (non-hydrogen) atoms. The van der Waals surface area contributed by atoms with Crippen LogP contribution >= 0.6 is 11.6 Å². The number of amides is 1. The molecule has 0 aliphatic heterocycles. The molecule has 7 heteroatoms. The second-order valence-corrected chi connectivity index (χ2v) is 8.80. The number of halogens is 1. The summed E-state index contributed by atoms with van der Waals surface area (Å²) in [4.78, 5) is 23.8. The lowest BCUT2D eigenvalue weighted by molar-refractivity contribution is 0.0922. The van der Waals surface area contributed by atoms with E-state index in [0.29, 0.717) is 22.5 Å². The Kier molecular flexibility index (Phi) is 6.56. The third-order valence-corrected chi connectivity index (χ3v) is 6.10. The molecule has 1 aromatic heterocycles. The Balaban J connectivity index is 1.30. The van der Waals surface area contributed by atoms with Crippen LogP contribution in [-0.2, 0) is 0 Å². The van der Waals surface area contributed by atoms with Crippen molar-refractivity contribution in [1.29, 1.82) is 0 Å². The lowest BCUT2D eigenvalue weighted by Gasteiger charge is -2.29. The normalized spacial score (nSPS) is 18.5. The number of nitrogens with zero attached hydrogens (tertiary/aromatic N) is 3. The van der Waals surface area contributed by atoms with Crippen LogP contribution in [0, 0.1) is 5.92 Å². The zero-order valence-electron chi connectivity index (χ0n) is 17.9. The fourth-order valence-electron chi connectivity index (χ4n) is 4.10. The van der Waals surface area contributed by atoms with Gasteiger partial charge in [0.25, 0.3) is 5.91 Å². The summed E-state index contributed by atoms with van der Waals surface area (Å²) in [7, 11) is 4.00. The molecule has 1 aliphatic rings. The number of fused-ring (bicyclic) bond motifs is 1. The zero-order chi connectivity index (χ0) is 21.8. The van der Waals surface area contributed by atoms with E-state index in [4.69, 9.17) is 16.6 Å². The van der Waals surface area contributed by atoms with Gasteiger partial charge in [-0.3, -0.25) is 4.79 Å². The standard InChI is InChI=1S/C24H28ClN5O/c1-30(2)22-20-5-3-4-6-21(20)28-24(29-22)26-15-16-7-13-19(14-8-16)27-23(31)17-9-11-18(25)12-10-17/h3-6,9-12,16,19H,7-8,13-15H2,1-2H3,(H,27,31)(H,26,28,29). The van der Waals surface area contributed by atoms with Gasteiger partial charge in [-0.1, -0.05) is 23.7 Å². The number of rotatable bonds is 6. The summed E-state index contributed by atoms with van der Waals surface area (Å²) in [6, 6.07) is 15.3. The van der Waals surface area contributed by atoms with Gasteiger partial charge in [-0.15, -0.1) is 0 Å². The highest BCUT2D eigenvalue weighted by Gasteiger charge is 2.23. The minimum atomic E-state index is -0.0287. The smallest absolute Gasteiger partial charge is 0.251 e. The Bertz CT molecular complexity index is 1050. The maximum Gasteiger partial charge on any atom is 0.251 e. The largest absolute Gasteiger partial charge is 0.362 e. The van der Waals surface area contributed by atoms with E-state index < -0.39 is 0 Å². The predicted octanol–water partition coefficient (Wildman–Crippen LogP) is 4.75. The highest BCUT2D eigenvalue weighted by Crippen LogP contribution is 2.27. The molecule has 162 valence electrons. The molecular formula is C24H28ClN5O. The van der Waals surface area contributed by atoms with Gasteiger partial charge in [0.1, 0.15) is 5.82 Å². The quantitative estimate of drug-likeness (QED) is 0.582. The van der Waals surface area contributed by atoms with Crippen LogP contribution in [0.4, 0.5) is 11.8 Å². The van der Waals surface area contributed by atoms with Crippen LogP contribution in [0.2, 0.25) is 5.02 Å². The first-order valence-electron chi connectivity index (χ1n) is 10.7. The topological polar surface area (TPSA) is 70.2 Å². The SMILES string of the molecule is CN(C)c1nc(NCC2CCC(NC(=O)c3ccc(Cl)cc3)CC2)nc2ccccc12. The summed E-state index contributed by atoms with van der Waals surface area (Å²) in [5.74, 6) is 2.10. The van der Waals surface area contributed by atoms with Crippen LogP contribution in [0.15, 0.2) is 48.5 Å². The number of aromatic nitrogens is 2. The average Bonchev–Trinajstić information content (AvgIpc) is 2.78. The van der Waals surface area contributed by atoms with E-state index in [9.17, 15) is 4.79 Å². The molecule has 0 spiro atoms. The molecule has 0 saturated heterocycles. The number of carbonyl (C=O) groups is 1. The van der Waals surface area contributed by atoms with Crippen molar-refractivity contribution in [3.8, 4) is 0 Å². The molecule has 2 aromatic carbocycles. The van der Waals surface area contributed by atoms with Gasteiger partial charge >= 0.3 is 0 Å². The Morgan fingerprint density at radius 2 is 1.74 bits per heavy atom. The van der Waals surface area contributed by atoms with Crippen LogP contribution in [-0.4, -0.2) is 42.6 Å². The van der Waals surface area contributed by atoms with Crippen LogP contribution in [0.5, 0.6) is 0 Å². The van der Waals surface area contributed by atoms with Gasteiger partial charge in [0.15, 0.2) is 0 Å². The number of hydrogen-bond acceptors (Lipinski definition) is 5. The van der Waals surface area contributed by atoms with Crippen molar-refractivity contribution in [3.05, 3.63) is 59.1 Å². The maximum atomic E-state index is 12.4. The van der Waals surface area contributed by atoms with Crippen molar-refractivity contribution >= 4 is 40.2 Å². The summed E-state index contributed by atoms with van der Waals surface area (Å²) in [5.41, 5.74) is 1.59. The van der Waals surface area contributed by atoms with Crippen molar-refractivity contribution in [2.24, 2.45) is 5.92 Å². The molecule has 1 aliphatic carbocycles. The van der Waals surface area contributed by atoms with Crippen molar-refractivity contribution < 1.29 is 4.79 Å². The summed E-state index contributed by atoms with van der Waals surface area (Å²) in [6.07, 6.45) is 4.08. The van der Waals surface area contributed by atoms with E-state index in [2.05, 4.69) is 15.6 Å². The Labute approximate surface area is 188 Å². The van der Waals surface area contributed by atoms with E-state index in [1.807, 2.05) is 43.3 Å². The minimum absolute atomic E-state index is 0.0287. The number of anilines is 2. The van der Waals surface area contributed by atoms with Crippen LogP contribution in [0.1, 0.15) is 36.0 Å². The fourth-order valence-corrected chi connectivity index (χ4v) is 4.22. The summed E-state index contributed by atoms with van der Waals surface area (Å²) in [5, 5.41) is 8.28. The minimum Gasteiger partial charge on any atom is -0.362 e. The second kappa shape index (κ2) is 9.52. The Hall–Kier alpha value is -2.86. The molecule has 1 saturated carbocycles. The highest BCUT2D eigenvalue weighted by atomic mass is 35.5. The predicted molar refractivity (Wildman–Crippen MR) is 127 cm³/mol. The molecule has 6 nitrogen and oxygen atoms in total. The number of para-hydroxylation sites is 1. The molecule has 1 amide bonds. The number of carbonyl (C=O) groups excluding carboxylic acids is 1. The van der Waals surface area contributed by atoms with Gasteiger partial charge in [0.2, 0.25) is 5.95 Å². The first-order chi connectivity index (χ1) is 15.0. The van der Waals surface area contributed by atoms with Crippen LogP contribution < -0.4 is 15.5 Å². The molecule has 3 aromatic rings. The van der Waals surface area contributed by atoms with E-state index in [1.54, 1.807) is 24.3 Å². The van der Waals surface area contributed by atoms with Gasteiger partial charge in [0.05, 0.1) is 5.52 Å². The molecule has 1 heterocycles. The second-order valence-electron chi connectivity index (χ2n) is 8.36. The molecule has 2 N–H and O–H groups in total. The van der Waals surface area contributed by atoms with E-state index in [-0.39, 0.29) is 11.9 Å². The maximum absolute atomic E-state index is 12.4. The van der Waals surface area contributed by atoms with Gasteiger partial charge < -0.3 is 15.5 Å². The summed E-state index contributed by atoms with van der Waals surface area (Å²) < 4.78 is 0. The molecule has 0 bridgehead atoms. The summed E-state index contributed by atoms with van der Waals surface area (Å²) in [6.45, 7) is 0.836. The van der Waals surface area contributed by atoms with E-state index in [0.717, 1.165) is 48.9 Å². The molecule has 0 radical (unpaired) electrons. The molecule has 0 unspecified atom stereocenters. The number of hydrogen-bond donors (Lipinski definition) is 2. The van der Waals surface area contributed by atoms with Gasteiger partial charge in [0, 0.05) is 42.7 Å². The van der Waals surface area contributed by atoms with Crippen molar-refractivity contribution in [2.45, 2.75) is 31.7 Å². The number of benzene rings is 2. The van der Waals surface area contributed by atoms with E-state index in [1.165, 1.54) is 0 Å². The molecule has 1 fully saturated rings. The van der Waals surface area contributed by atoms with Gasteiger partial charge in [-0.2, -0.15) is 4.98 Å². The van der Waals surface area contributed by atoms with E-state index >= 15 is 0 Å². The van der Waals surface area contributed by atoms with Crippen LogP contribution in [0.3, 0.4) is 0 Å². The average molecular weight is 438 g/mol. The van der Waals surface area contributed by atoms with Crippen molar-refractivity contribution in [2.75, 3.05) is 30.9 Å². The first kappa shape index (κ1) is 21.4. The zero-order valence-corrected chi connectivity index (χ0v) is 18.7. The lowest BCUT2D eigenvalue weighted by atomic mass is 9.86. The monoisotopic (exact) mass is 437 g/mol. The summed E-state index contributed by atoms with van der Waals surface area (Å²) >= 11 is 5.90. The first-order valence-corrected chi connectivity index (χ1v) is 11.1. The van der Waals surface area contributed by atoms with Crippen molar-refractivity contribution in [3.63, 3.8) is 0 Å². The molecule has 4 rings (SSSR count). The van der Waals surface area contributed by atoms with Crippen molar-refractivity contribution in [1.82, 2.24) is 15.3 Å². The Morgan fingerprint density at radius 3 is 2.45 bits per heavy atom. The van der Waals surface area contributed by atoms with Crippen LogP contribution in [0.25, 0.3) is 10.9 Å². The molecular weight excluding hydrogens is 410 g/mol. The lowest BCUT2D eigenvalue weighted by Crippen LogP contribution is -2.38. The Morgan fingerprint density at radius 1 is 1.03 bits per heavy atom. The third-order valence-electron chi connectivity index (χ3n) is 5.84. The highest BCUT2D eigenvalue weighted by molar-refractivity contribution is 6.30. The number of nitrogens with one attached hydrogen (secondary N) is 2.